The number of carboxylic acids is 3. The van der Waals surface area contributed by atoms with E-state index in [2.05, 4.69) is 53.0 Å². The van der Waals surface area contributed by atoms with Gasteiger partial charge in [0.15, 0.2) is 0 Å². The zero-order valence-corrected chi connectivity index (χ0v) is 70.4. The van der Waals surface area contributed by atoms with E-state index in [0.717, 1.165) is 77.9 Å². The highest BCUT2D eigenvalue weighted by Gasteiger charge is 2.32. The Morgan fingerprint density at radius 2 is 0.976 bits per heavy atom. The van der Waals surface area contributed by atoms with Crippen molar-refractivity contribution >= 4 is 153 Å². The number of aromatic carboxylic acids is 3. The molecule has 0 bridgehead atoms. The lowest BCUT2D eigenvalue weighted by molar-refractivity contribution is 0.0687. The van der Waals surface area contributed by atoms with Crippen LogP contribution in [0.2, 0.25) is 15.1 Å². The first-order valence-electron chi connectivity index (χ1n) is 39.1. The third-order valence-corrected chi connectivity index (χ3v) is 23.6. The van der Waals surface area contributed by atoms with Gasteiger partial charge in [0.1, 0.15) is 39.9 Å². The summed E-state index contributed by atoms with van der Waals surface area (Å²) in [5.74, 6) is -2.72. The second-order valence-electron chi connectivity index (χ2n) is 30.3. The molecule has 0 fully saturated rings. The van der Waals surface area contributed by atoms with Crippen molar-refractivity contribution in [1.82, 2.24) is 25.3 Å². The molecule has 0 amide bonds. The van der Waals surface area contributed by atoms with E-state index in [4.69, 9.17) is 71.2 Å². The van der Waals surface area contributed by atoms with E-state index < -0.39 is 23.9 Å². The predicted octanol–water partition coefficient (Wildman–Crippen LogP) is 23.8. The third-order valence-electron chi connectivity index (χ3n) is 22.3. The van der Waals surface area contributed by atoms with Gasteiger partial charge in [-0.1, -0.05) is 144 Å². The molecule has 2 aliphatic carbocycles. The molecular weight excluding hydrogens is 1630 g/mol. The van der Waals surface area contributed by atoms with E-state index >= 15 is 0 Å². The van der Waals surface area contributed by atoms with Crippen molar-refractivity contribution in [1.29, 1.82) is 0 Å². The van der Waals surface area contributed by atoms with Gasteiger partial charge >= 0.3 is 17.9 Å². The molecule has 0 radical (unpaired) electrons. The van der Waals surface area contributed by atoms with Crippen LogP contribution in [0.3, 0.4) is 0 Å². The van der Waals surface area contributed by atoms with Crippen LogP contribution in [0.25, 0.3) is 132 Å². The molecule has 14 aromatic rings. The predicted molar refractivity (Wildman–Crippen MR) is 490 cm³/mol. The number of fused-ring (bicyclic) bond motifs is 9. The Hall–Kier alpha value is -13.9. The number of carboxylic acid groups (broad SMARTS) is 3. The van der Waals surface area contributed by atoms with Gasteiger partial charge in [-0.25, -0.2) is 19.4 Å². The molecule has 4 aliphatic rings. The first-order valence-corrected chi connectivity index (χ1v) is 40.7. The van der Waals surface area contributed by atoms with Gasteiger partial charge in [0.2, 0.25) is 10.9 Å². The van der Waals surface area contributed by atoms with E-state index in [9.17, 15) is 54.6 Å². The molecule has 0 spiro atoms. The van der Waals surface area contributed by atoms with Crippen LogP contribution in [0, 0.1) is 41.5 Å². The Kier molecular flexibility index (Phi) is 22.6. The lowest BCUT2D eigenvalue weighted by atomic mass is 9.87. The molecule has 612 valence electrons. The average molecular weight is 1710 g/mol. The highest BCUT2D eigenvalue weighted by atomic mass is 35.5. The van der Waals surface area contributed by atoms with Gasteiger partial charge in [-0.2, -0.15) is 0 Å². The second kappa shape index (κ2) is 33.6. The quantitative estimate of drug-likeness (QED) is 0.0317. The van der Waals surface area contributed by atoms with Gasteiger partial charge in [0.05, 0.1) is 76.3 Å². The van der Waals surface area contributed by atoms with Gasteiger partial charge in [-0.05, 0) is 186 Å². The number of aryl methyl sites for hydroxylation is 5. The van der Waals surface area contributed by atoms with Gasteiger partial charge in [0, 0.05) is 141 Å². The summed E-state index contributed by atoms with van der Waals surface area (Å²) in [6, 6.07) is 63.8. The molecule has 20 nitrogen and oxygen atoms in total. The lowest BCUT2D eigenvalue weighted by Crippen LogP contribution is -2.23. The number of thiol groups is 1. The van der Waals surface area contributed by atoms with Crippen LogP contribution in [0.4, 0.5) is 11.4 Å². The van der Waals surface area contributed by atoms with Gasteiger partial charge in [-0.3, -0.25) is 24.5 Å². The smallest absolute Gasteiger partial charge is 0.336 e. The summed E-state index contributed by atoms with van der Waals surface area (Å²) < 4.78 is 12.9. The zero-order chi connectivity index (χ0) is 86.8. The number of hydrogen-bond acceptors (Lipinski definition) is 18. The van der Waals surface area contributed by atoms with Crippen LogP contribution in [0.1, 0.15) is 113 Å². The topological polar surface area (TPSA) is 321 Å². The zero-order valence-electron chi connectivity index (χ0n) is 67.3. The Labute approximate surface area is 723 Å². The minimum atomic E-state index is -1.09. The number of benzene rings is 12. The SMILES string of the molecule is Cc1ccc2c(C)ccc(C(C)NC(C)c3c(O)c(C)cc4c(-c5ccccc5C(=O)O)c5cc(Cl)c(=O)c(C)c-5oc34)c2n1.Cc1ccc2cccc(NCc3c(O)ccc4c(-c5ccccc5C(=O)O)c5cc(Cl)c(O)cc5nc34)c2n1.Cc1ccc2cccc(NCc3c(S)ccc4c(-c5ccccc5C(=O)O)c5cc(Cl)c(=O)cc-5oc34)c2n1. The summed E-state index contributed by atoms with van der Waals surface area (Å²) in [4.78, 5) is 81.9. The number of nitrogens with zero attached hydrogens (tertiary/aromatic N) is 4. The number of rotatable bonds is 16. The van der Waals surface area contributed by atoms with Crippen molar-refractivity contribution in [2.75, 3.05) is 10.6 Å². The molecule has 2 aliphatic heterocycles. The number of phenolic OH excluding ortho intramolecular Hbond substituents is 3. The summed E-state index contributed by atoms with van der Waals surface area (Å²) in [6.45, 7) is 15.9. The Bertz CT molecular complexity index is 7520. The van der Waals surface area contributed by atoms with Gasteiger partial charge < -0.3 is 55.4 Å². The number of aromatic hydroxyl groups is 3. The van der Waals surface area contributed by atoms with E-state index in [1.165, 1.54) is 36.4 Å². The van der Waals surface area contributed by atoms with Crippen molar-refractivity contribution < 1.29 is 53.9 Å². The highest BCUT2D eigenvalue weighted by molar-refractivity contribution is 7.80. The third kappa shape index (κ3) is 15.6. The summed E-state index contributed by atoms with van der Waals surface area (Å²) in [6.07, 6.45) is 0. The molecule has 2 unspecified atom stereocenters. The fraction of sp³-hybridized carbons (Fsp3) is 0.121. The van der Waals surface area contributed by atoms with Crippen molar-refractivity contribution in [2.45, 2.75) is 85.5 Å². The van der Waals surface area contributed by atoms with Crippen LogP contribution in [-0.2, 0) is 13.1 Å². The number of nitrogens with one attached hydrogen (secondary N) is 3. The van der Waals surface area contributed by atoms with Crippen molar-refractivity contribution in [3.63, 3.8) is 0 Å². The number of carbonyl (C=O) groups is 3. The van der Waals surface area contributed by atoms with Crippen LogP contribution in [0.5, 0.6) is 17.2 Å². The maximum Gasteiger partial charge on any atom is 0.336 e. The first-order chi connectivity index (χ1) is 59.0. The van der Waals surface area contributed by atoms with Crippen LogP contribution in [0.15, 0.2) is 242 Å². The summed E-state index contributed by atoms with van der Waals surface area (Å²) >= 11 is 23.6. The van der Waals surface area contributed by atoms with E-state index in [1.54, 1.807) is 98.8 Å². The number of phenols is 3. The number of anilines is 2. The maximum absolute atomic E-state index is 13.0. The van der Waals surface area contributed by atoms with Crippen molar-refractivity contribution in [3.05, 3.63) is 327 Å². The van der Waals surface area contributed by atoms with Crippen LogP contribution < -0.4 is 26.8 Å². The number of aromatic nitrogens is 4. The van der Waals surface area contributed by atoms with E-state index in [0.29, 0.717) is 128 Å². The molecular formula is C99H76Cl3N7O13S. The molecule has 9 N–H and O–H groups in total. The summed E-state index contributed by atoms with van der Waals surface area (Å²) in [5.41, 5.74) is 17.3. The van der Waals surface area contributed by atoms with Crippen LogP contribution in [-0.4, -0.2) is 68.5 Å². The fourth-order valence-corrected chi connectivity index (χ4v) is 17.1. The monoisotopic (exact) mass is 1710 g/mol. The first kappa shape index (κ1) is 82.8. The molecule has 10 aromatic carbocycles. The largest absolute Gasteiger partial charge is 0.508 e. The molecule has 0 saturated carbocycles. The lowest BCUT2D eigenvalue weighted by Gasteiger charge is -2.26. The van der Waals surface area contributed by atoms with Gasteiger partial charge in [0.25, 0.3) is 0 Å². The normalized spacial score (nSPS) is 12.0. The molecule has 24 heteroatoms. The number of pyridine rings is 4. The van der Waals surface area contributed by atoms with Crippen molar-refractivity contribution in [2.24, 2.45) is 0 Å². The fourth-order valence-electron chi connectivity index (χ4n) is 16.3. The molecule has 123 heavy (non-hydrogen) atoms. The number of hydrogen-bond donors (Lipinski definition) is 10. The minimum Gasteiger partial charge on any atom is -0.508 e. The Balaban J connectivity index is 0.000000137. The van der Waals surface area contributed by atoms with Gasteiger partial charge in [-0.15, -0.1) is 12.6 Å². The number of halogens is 3. The molecule has 4 aromatic heterocycles. The number of para-hydroxylation sites is 2. The minimum absolute atomic E-state index is 0.0114. The molecule has 0 saturated heterocycles. The average Bonchev–Trinajstić information content (AvgIpc) is 0.707. The molecule has 18 rings (SSSR count). The standard InChI is InChI=1S/C37H33ClN2O5.C31H22ClN3O4.C31H21ClN2O4S/c1-17-11-13-24(32-23(17)14-12-19(3)39-32)21(5)40-22(6)30-33(41)18(2)15-27-31(25-9-7-8-10-26(25)37(43)44)28-16-29(38)34(42)20(4)35(28)45-36(27)30;1-16-9-10-17-5-4-8-24(29(17)34-16)33-15-22-26(36)12-11-20-28(18-6-2-3-7-19(18)31(38)39)21-13-23(32)27(37)14-25(21)35-30(20)22;1-16-9-10-17-5-4-8-24(29(17)34-16)33-15-22-27(39)12-11-20-28(18-6-2-3-7-19(18)31(36)37)21-13-23(32)25(35)14-26(21)38-30(20)22/h7-16,21-22,40-41H,1-6H3,(H,43,44);2-14,33,36-37H,15H2,1H3,(H,38,39);2-14,33,39H,15H2,1H3,(H,36,37). The highest BCUT2D eigenvalue weighted by Crippen LogP contribution is 2.50. The van der Waals surface area contributed by atoms with E-state index in [1.807, 2.05) is 107 Å². The van der Waals surface area contributed by atoms with E-state index in [-0.39, 0.29) is 78.2 Å². The Morgan fingerprint density at radius 1 is 0.439 bits per heavy atom. The maximum atomic E-state index is 13.0. The van der Waals surface area contributed by atoms with Crippen molar-refractivity contribution in [3.8, 4) is 73.3 Å². The second-order valence-corrected chi connectivity index (χ2v) is 32.0. The summed E-state index contributed by atoms with van der Waals surface area (Å²) in [7, 11) is 0. The van der Waals surface area contributed by atoms with Crippen LogP contribution >= 0.6 is 47.4 Å². The molecule has 6 heterocycles. The molecule has 2 atom stereocenters. The Morgan fingerprint density at radius 3 is 1.58 bits per heavy atom. The summed E-state index contributed by atoms with van der Waals surface area (Å²) in [5, 5.41) is 79.1.